The van der Waals surface area contributed by atoms with E-state index in [4.69, 9.17) is 16.3 Å². The highest BCUT2D eigenvalue weighted by Gasteiger charge is 2.45. The van der Waals surface area contributed by atoms with Crippen LogP contribution >= 0.6 is 11.6 Å². The molecule has 2 aromatic rings. The van der Waals surface area contributed by atoms with Crippen molar-refractivity contribution in [3.63, 3.8) is 0 Å². The maximum atomic E-state index is 12.8. The van der Waals surface area contributed by atoms with Crippen molar-refractivity contribution in [3.05, 3.63) is 57.2 Å². The number of nitrogens with zero attached hydrogens (tertiary/aromatic N) is 2. The number of nitrogens with one attached hydrogen (secondary N) is 1. The summed E-state index contributed by atoms with van der Waals surface area (Å²) in [6.07, 6.45) is 2.03. The molecular formula is C19H20ClN3O3. The summed E-state index contributed by atoms with van der Waals surface area (Å²) >= 11 is 6.20. The van der Waals surface area contributed by atoms with E-state index in [0.717, 1.165) is 12.8 Å². The summed E-state index contributed by atoms with van der Waals surface area (Å²) in [5.41, 5.74) is 0.343. The third kappa shape index (κ3) is 3.21. The van der Waals surface area contributed by atoms with Crippen LogP contribution in [0.3, 0.4) is 0 Å². The van der Waals surface area contributed by atoms with E-state index in [9.17, 15) is 9.59 Å². The van der Waals surface area contributed by atoms with Crippen LogP contribution in [0.4, 0.5) is 0 Å². The van der Waals surface area contributed by atoms with Gasteiger partial charge in [0.25, 0.3) is 5.91 Å². The second kappa shape index (κ2) is 6.76. The third-order valence-electron chi connectivity index (χ3n) is 5.29. The van der Waals surface area contributed by atoms with Crippen molar-refractivity contribution < 1.29 is 9.53 Å². The van der Waals surface area contributed by atoms with E-state index in [-0.39, 0.29) is 23.6 Å². The maximum absolute atomic E-state index is 12.8. The molecule has 2 heterocycles. The molecule has 4 rings (SSSR count). The first-order chi connectivity index (χ1) is 12.5. The topological polar surface area (TPSA) is 75.3 Å². The summed E-state index contributed by atoms with van der Waals surface area (Å²) in [6, 6.07) is 9.08. The zero-order chi connectivity index (χ0) is 18.3. The standard InChI is InChI=1S/C19H20ClN3O3/c1-11-8-15(22-19(25)21-11)18(24)23-9-12-6-7-16(13(12)10-23)26-17-5-3-2-4-14(17)20/h2-5,8,12-13,16H,6-7,9-10H2,1H3,(H,21,22,25)/t12-,13+,16-/m0/s1. The first-order valence-electron chi connectivity index (χ1n) is 8.79. The van der Waals surface area contributed by atoms with Crippen LogP contribution in [0, 0.1) is 18.8 Å². The number of carbonyl (C=O) groups excluding carboxylic acids is 1. The smallest absolute Gasteiger partial charge is 0.345 e. The number of ether oxygens (including phenoxy) is 1. The number of aromatic amines is 1. The number of carbonyl (C=O) groups is 1. The van der Waals surface area contributed by atoms with Crippen molar-refractivity contribution >= 4 is 17.5 Å². The van der Waals surface area contributed by atoms with Crippen LogP contribution in [0.15, 0.2) is 35.1 Å². The Kier molecular flexibility index (Phi) is 4.44. The van der Waals surface area contributed by atoms with Crippen LogP contribution in [0.25, 0.3) is 0 Å². The maximum Gasteiger partial charge on any atom is 0.345 e. The molecule has 0 radical (unpaired) electrons. The molecule has 6 nitrogen and oxygen atoms in total. The molecule has 2 fully saturated rings. The van der Waals surface area contributed by atoms with Crippen molar-refractivity contribution in [1.29, 1.82) is 0 Å². The number of halogens is 1. The number of H-pyrrole nitrogens is 1. The molecule has 0 bridgehead atoms. The molecule has 1 aliphatic heterocycles. The van der Waals surface area contributed by atoms with E-state index in [1.54, 1.807) is 17.9 Å². The molecule has 2 aliphatic rings. The summed E-state index contributed by atoms with van der Waals surface area (Å²) < 4.78 is 6.15. The number of hydrogen-bond acceptors (Lipinski definition) is 4. The molecule has 1 aromatic heterocycles. The summed E-state index contributed by atoms with van der Waals surface area (Å²) in [6.45, 7) is 3.04. The SMILES string of the molecule is Cc1cc(C(=O)N2C[C@@H]3CC[C@H](Oc4ccccc4Cl)[C@@H]3C2)nc(=O)[nH]1. The second-order valence-electron chi connectivity index (χ2n) is 7.05. The minimum atomic E-state index is -0.493. The van der Waals surface area contributed by atoms with E-state index in [1.165, 1.54) is 0 Å². The van der Waals surface area contributed by atoms with Crippen molar-refractivity contribution in [3.8, 4) is 5.75 Å². The zero-order valence-corrected chi connectivity index (χ0v) is 15.2. The van der Waals surface area contributed by atoms with Crippen molar-refractivity contribution in [2.45, 2.75) is 25.9 Å². The average Bonchev–Trinajstić information content (AvgIpc) is 3.17. The first-order valence-corrected chi connectivity index (χ1v) is 9.17. The fraction of sp³-hybridized carbons (Fsp3) is 0.421. The van der Waals surface area contributed by atoms with Crippen LogP contribution in [-0.4, -0.2) is 40.0 Å². The van der Waals surface area contributed by atoms with Crippen LogP contribution in [0.1, 0.15) is 29.0 Å². The van der Waals surface area contributed by atoms with Gasteiger partial charge in [-0.3, -0.25) is 4.79 Å². The Bertz CT molecular complexity index is 898. The molecule has 0 spiro atoms. The molecule has 1 saturated heterocycles. The lowest BCUT2D eigenvalue weighted by molar-refractivity contribution is 0.0756. The Morgan fingerprint density at radius 3 is 2.88 bits per heavy atom. The number of rotatable bonds is 3. The largest absolute Gasteiger partial charge is 0.489 e. The number of amides is 1. The number of fused-ring (bicyclic) bond motifs is 1. The second-order valence-corrected chi connectivity index (χ2v) is 7.46. The highest BCUT2D eigenvalue weighted by molar-refractivity contribution is 6.32. The monoisotopic (exact) mass is 373 g/mol. The average molecular weight is 374 g/mol. The van der Waals surface area contributed by atoms with E-state index in [2.05, 4.69) is 9.97 Å². The lowest BCUT2D eigenvalue weighted by atomic mass is 9.99. The molecule has 3 atom stereocenters. The normalized spacial score (nSPS) is 24.5. The quantitative estimate of drug-likeness (QED) is 0.897. The molecule has 1 saturated carbocycles. The Morgan fingerprint density at radius 2 is 2.12 bits per heavy atom. The van der Waals surface area contributed by atoms with Gasteiger partial charge in [0, 0.05) is 24.7 Å². The number of aromatic nitrogens is 2. The van der Waals surface area contributed by atoms with Gasteiger partial charge in [0.05, 0.1) is 5.02 Å². The predicted molar refractivity (Wildman–Crippen MR) is 97.6 cm³/mol. The van der Waals surface area contributed by atoms with E-state index in [0.29, 0.717) is 35.5 Å². The Labute approximate surface area is 156 Å². The van der Waals surface area contributed by atoms with E-state index in [1.807, 2.05) is 24.3 Å². The number of para-hydroxylation sites is 1. The van der Waals surface area contributed by atoms with Gasteiger partial charge in [0.15, 0.2) is 0 Å². The van der Waals surface area contributed by atoms with Gasteiger partial charge in [-0.2, -0.15) is 4.98 Å². The lowest BCUT2D eigenvalue weighted by Gasteiger charge is -2.22. The zero-order valence-electron chi connectivity index (χ0n) is 14.4. The highest BCUT2D eigenvalue weighted by Crippen LogP contribution is 2.41. The Morgan fingerprint density at radius 1 is 1.31 bits per heavy atom. The van der Waals surface area contributed by atoms with Gasteiger partial charge in [0.2, 0.25) is 0 Å². The van der Waals surface area contributed by atoms with Crippen LogP contribution in [-0.2, 0) is 0 Å². The van der Waals surface area contributed by atoms with Gasteiger partial charge in [-0.15, -0.1) is 0 Å². The number of hydrogen-bond donors (Lipinski definition) is 1. The van der Waals surface area contributed by atoms with Gasteiger partial charge in [-0.1, -0.05) is 23.7 Å². The van der Waals surface area contributed by atoms with Crippen LogP contribution in [0.5, 0.6) is 5.75 Å². The molecule has 1 amide bonds. The molecule has 26 heavy (non-hydrogen) atoms. The number of likely N-dealkylation sites (tertiary alicyclic amines) is 1. The van der Waals surface area contributed by atoms with Crippen molar-refractivity contribution in [1.82, 2.24) is 14.9 Å². The first kappa shape index (κ1) is 17.1. The summed E-state index contributed by atoms with van der Waals surface area (Å²) in [7, 11) is 0. The highest BCUT2D eigenvalue weighted by atomic mass is 35.5. The molecule has 7 heteroatoms. The van der Waals surface area contributed by atoms with Gasteiger partial charge in [-0.25, -0.2) is 4.79 Å². The minimum absolute atomic E-state index is 0.0478. The number of aryl methyl sites for hydroxylation is 1. The fourth-order valence-electron chi connectivity index (χ4n) is 4.08. The van der Waals surface area contributed by atoms with Gasteiger partial charge in [0.1, 0.15) is 17.5 Å². The summed E-state index contributed by atoms with van der Waals surface area (Å²) in [5.74, 6) is 1.19. The van der Waals surface area contributed by atoms with Gasteiger partial charge in [-0.05, 0) is 43.9 Å². The van der Waals surface area contributed by atoms with Crippen molar-refractivity contribution in [2.24, 2.45) is 11.8 Å². The van der Waals surface area contributed by atoms with E-state index >= 15 is 0 Å². The number of benzene rings is 1. The lowest BCUT2D eigenvalue weighted by Crippen LogP contribution is -2.34. The summed E-state index contributed by atoms with van der Waals surface area (Å²) in [4.78, 5) is 32.5. The van der Waals surface area contributed by atoms with Gasteiger partial charge < -0.3 is 14.6 Å². The minimum Gasteiger partial charge on any atom is -0.489 e. The molecular weight excluding hydrogens is 354 g/mol. The third-order valence-corrected chi connectivity index (χ3v) is 5.60. The molecule has 1 aromatic carbocycles. The van der Waals surface area contributed by atoms with Gasteiger partial charge >= 0.3 is 5.69 Å². The molecule has 1 N–H and O–H groups in total. The van der Waals surface area contributed by atoms with E-state index < -0.39 is 5.69 Å². The van der Waals surface area contributed by atoms with Crippen molar-refractivity contribution in [2.75, 3.05) is 13.1 Å². The van der Waals surface area contributed by atoms with Crippen LogP contribution in [0.2, 0.25) is 5.02 Å². The fourth-order valence-corrected chi connectivity index (χ4v) is 4.26. The molecule has 0 unspecified atom stereocenters. The Hall–Kier alpha value is -2.34. The van der Waals surface area contributed by atoms with Crippen LogP contribution < -0.4 is 10.4 Å². The Balaban J connectivity index is 1.48. The molecule has 1 aliphatic carbocycles. The predicted octanol–water partition coefficient (Wildman–Crippen LogP) is 2.66. The summed E-state index contributed by atoms with van der Waals surface area (Å²) in [5, 5.41) is 0.602. The molecule has 136 valence electrons.